The Kier molecular flexibility index (Phi) is 4.27. The molecule has 0 aromatic heterocycles. The zero-order valence-electron chi connectivity index (χ0n) is 22.9. The average molecular weight is 529 g/mol. The predicted molar refractivity (Wildman–Crippen MR) is 182 cm³/mol. The van der Waals surface area contributed by atoms with Crippen molar-refractivity contribution < 1.29 is 0 Å². The molecular weight excluding hydrogens is 504 g/mol. The minimum Gasteiger partial charge on any atom is -0.0610 e. The summed E-state index contributed by atoms with van der Waals surface area (Å²) in [5.74, 6) is 0. The third kappa shape index (κ3) is 2.86. The van der Waals surface area contributed by atoms with Crippen molar-refractivity contribution in [1.82, 2.24) is 0 Å². The monoisotopic (exact) mass is 528 g/mol. The lowest BCUT2D eigenvalue weighted by atomic mass is 9.85. The van der Waals surface area contributed by atoms with E-state index >= 15 is 0 Å². The summed E-state index contributed by atoms with van der Waals surface area (Å²) in [6, 6.07) is 54.4. The van der Waals surface area contributed by atoms with Gasteiger partial charge in [0.25, 0.3) is 0 Å². The minimum atomic E-state index is 1.27. The molecule has 0 aliphatic rings. The summed E-state index contributed by atoms with van der Waals surface area (Å²) < 4.78 is 0. The SMILES string of the molecule is c1cc(-c2ccc3ccc4cccc5ccc2c3c45)c2c(-c3ccc4ccc5cccc6ccc3c4c56)cccc2c1. The Morgan fingerprint density at radius 1 is 0.190 bits per heavy atom. The standard InChI is InChI=1S/C42H24/c1-5-26-13-15-30-17-21-32(36-23-19-28(7-1)38(26)41(30)36)34-11-3-9-25-10-4-12-35(40(25)34)33-22-18-31-16-14-27-6-2-8-29-20-24-37(33)42(31)39(27)29/h1-24H. The van der Waals surface area contributed by atoms with Crippen molar-refractivity contribution in [1.29, 1.82) is 0 Å². The molecule has 0 nitrogen and oxygen atoms in total. The van der Waals surface area contributed by atoms with Crippen molar-refractivity contribution >= 4 is 75.4 Å². The Hall–Kier alpha value is -5.46. The first kappa shape index (κ1) is 22.3. The molecule has 192 valence electrons. The second kappa shape index (κ2) is 8.06. The molecule has 0 heterocycles. The largest absolute Gasteiger partial charge is 0.0610 e. The smallest absolute Gasteiger partial charge is 0.00206 e. The highest BCUT2D eigenvalue weighted by Crippen LogP contribution is 2.45. The highest BCUT2D eigenvalue weighted by atomic mass is 14.2. The molecule has 0 amide bonds. The second-order valence-electron chi connectivity index (χ2n) is 11.6. The summed E-state index contributed by atoms with van der Waals surface area (Å²) in [6.07, 6.45) is 0. The number of hydrogen-bond acceptors (Lipinski definition) is 0. The molecule has 42 heavy (non-hydrogen) atoms. The third-order valence-electron chi connectivity index (χ3n) is 9.54. The zero-order valence-corrected chi connectivity index (χ0v) is 22.9. The Balaban J connectivity index is 1.33. The molecule has 0 heteroatoms. The molecule has 0 atom stereocenters. The van der Waals surface area contributed by atoms with E-state index in [0.717, 1.165) is 0 Å². The molecule has 0 aliphatic heterocycles. The van der Waals surface area contributed by atoms with Gasteiger partial charge in [-0.2, -0.15) is 0 Å². The van der Waals surface area contributed by atoms with Crippen molar-refractivity contribution in [2.75, 3.05) is 0 Å². The minimum absolute atomic E-state index is 1.27. The maximum Gasteiger partial charge on any atom is -0.00206 e. The van der Waals surface area contributed by atoms with Crippen molar-refractivity contribution in [3.8, 4) is 22.3 Å². The van der Waals surface area contributed by atoms with Gasteiger partial charge in [0.15, 0.2) is 0 Å². The van der Waals surface area contributed by atoms with Crippen LogP contribution in [-0.4, -0.2) is 0 Å². The van der Waals surface area contributed by atoms with Crippen LogP contribution in [0.3, 0.4) is 0 Å². The summed E-state index contributed by atoms with van der Waals surface area (Å²) >= 11 is 0. The van der Waals surface area contributed by atoms with Gasteiger partial charge in [-0.15, -0.1) is 0 Å². The lowest BCUT2D eigenvalue weighted by Crippen LogP contribution is -1.91. The number of fused-ring (bicyclic) bond motifs is 1. The lowest BCUT2D eigenvalue weighted by Gasteiger charge is -2.18. The van der Waals surface area contributed by atoms with Crippen LogP contribution >= 0.6 is 0 Å². The number of rotatable bonds is 2. The predicted octanol–water partition coefficient (Wildman–Crippen LogP) is 12.0. The van der Waals surface area contributed by atoms with E-state index in [0.29, 0.717) is 0 Å². The first-order valence-corrected chi connectivity index (χ1v) is 14.7. The van der Waals surface area contributed by atoms with Crippen LogP contribution in [0.5, 0.6) is 0 Å². The molecule has 0 spiro atoms. The van der Waals surface area contributed by atoms with Gasteiger partial charge in [0, 0.05) is 0 Å². The first-order valence-electron chi connectivity index (χ1n) is 14.7. The lowest BCUT2D eigenvalue weighted by molar-refractivity contribution is 1.68. The van der Waals surface area contributed by atoms with E-state index in [1.807, 2.05) is 0 Å². The van der Waals surface area contributed by atoms with E-state index < -0.39 is 0 Å². The Morgan fingerprint density at radius 2 is 0.500 bits per heavy atom. The van der Waals surface area contributed by atoms with E-state index in [9.17, 15) is 0 Å². The maximum absolute atomic E-state index is 2.33. The summed E-state index contributed by atoms with van der Waals surface area (Å²) in [5, 5.41) is 18.4. The molecule has 0 unspecified atom stereocenters. The fourth-order valence-corrected chi connectivity index (χ4v) is 7.73. The Labute approximate surface area is 242 Å². The van der Waals surface area contributed by atoms with Crippen LogP contribution in [0.15, 0.2) is 146 Å². The first-order chi connectivity index (χ1) is 20.8. The third-order valence-corrected chi connectivity index (χ3v) is 9.54. The molecule has 0 N–H and O–H groups in total. The molecule has 10 aromatic carbocycles. The molecule has 0 bridgehead atoms. The topological polar surface area (TPSA) is 0 Å². The summed E-state index contributed by atoms with van der Waals surface area (Å²) in [4.78, 5) is 0. The maximum atomic E-state index is 2.33. The van der Waals surface area contributed by atoms with E-state index in [1.54, 1.807) is 0 Å². The van der Waals surface area contributed by atoms with Gasteiger partial charge < -0.3 is 0 Å². The van der Waals surface area contributed by atoms with Gasteiger partial charge in [-0.25, -0.2) is 0 Å². The fourth-order valence-electron chi connectivity index (χ4n) is 7.73. The van der Waals surface area contributed by atoms with Crippen LogP contribution < -0.4 is 0 Å². The highest BCUT2D eigenvalue weighted by molar-refractivity contribution is 6.28. The van der Waals surface area contributed by atoms with Gasteiger partial charge >= 0.3 is 0 Å². The van der Waals surface area contributed by atoms with Gasteiger partial charge in [-0.1, -0.05) is 146 Å². The van der Waals surface area contributed by atoms with Crippen molar-refractivity contribution in [3.63, 3.8) is 0 Å². The van der Waals surface area contributed by atoms with Gasteiger partial charge in [0.1, 0.15) is 0 Å². The van der Waals surface area contributed by atoms with Crippen molar-refractivity contribution in [2.45, 2.75) is 0 Å². The van der Waals surface area contributed by atoms with Gasteiger partial charge in [0.2, 0.25) is 0 Å². The van der Waals surface area contributed by atoms with Crippen LogP contribution in [0.1, 0.15) is 0 Å². The molecule has 0 fully saturated rings. The summed E-state index contributed by atoms with van der Waals surface area (Å²) in [7, 11) is 0. The Morgan fingerprint density at radius 3 is 0.929 bits per heavy atom. The summed E-state index contributed by atoms with van der Waals surface area (Å²) in [6.45, 7) is 0. The van der Waals surface area contributed by atoms with Crippen molar-refractivity contribution in [2.24, 2.45) is 0 Å². The highest BCUT2D eigenvalue weighted by Gasteiger charge is 2.18. The van der Waals surface area contributed by atoms with E-state index in [2.05, 4.69) is 146 Å². The molecule has 10 aromatic rings. The quantitative estimate of drug-likeness (QED) is 0.196. The zero-order chi connectivity index (χ0) is 27.4. The van der Waals surface area contributed by atoms with E-state index in [4.69, 9.17) is 0 Å². The molecule has 0 saturated carbocycles. The molecule has 0 aliphatic carbocycles. The summed E-state index contributed by atoms with van der Waals surface area (Å²) in [5.41, 5.74) is 5.14. The van der Waals surface area contributed by atoms with Crippen LogP contribution in [0.2, 0.25) is 0 Å². The van der Waals surface area contributed by atoms with Crippen molar-refractivity contribution in [3.05, 3.63) is 146 Å². The average Bonchev–Trinajstić information content (AvgIpc) is 3.05. The molecular formula is C42H24. The second-order valence-corrected chi connectivity index (χ2v) is 11.6. The molecule has 10 rings (SSSR count). The van der Waals surface area contributed by atoms with Crippen LogP contribution in [0.25, 0.3) is 97.7 Å². The Bertz CT molecular complexity index is 2460. The normalized spacial score (nSPS) is 12.3. The fraction of sp³-hybridized carbons (Fsp3) is 0. The van der Waals surface area contributed by atoms with Crippen LogP contribution in [-0.2, 0) is 0 Å². The van der Waals surface area contributed by atoms with Gasteiger partial charge in [0.05, 0.1) is 0 Å². The van der Waals surface area contributed by atoms with Gasteiger partial charge in [-0.3, -0.25) is 0 Å². The number of hydrogen-bond donors (Lipinski definition) is 0. The van der Waals surface area contributed by atoms with E-state index in [-0.39, 0.29) is 0 Å². The molecule has 0 saturated heterocycles. The van der Waals surface area contributed by atoms with Crippen LogP contribution in [0, 0.1) is 0 Å². The van der Waals surface area contributed by atoms with Gasteiger partial charge in [-0.05, 0) is 97.7 Å². The van der Waals surface area contributed by atoms with E-state index in [1.165, 1.54) is 97.7 Å². The molecule has 0 radical (unpaired) electrons. The van der Waals surface area contributed by atoms with Crippen LogP contribution in [0.4, 0.5) is 0 Å². The number of benzene rings is 10.